The molecule has 0 radical (unpaired) electrons. The summed E-state index contributed by atoms with van der Waals surface area (Å²) < 4.78 is 0. The molecule has 3 heteroatoms. The van der Waals surface area contributed by atoms with Crippen LogP contribution in [0.25, 0.3) is 0 Å². The van der Waals surface area contributed by atoms with Gasteiger partial charge < -0.3 is 0 Å². The van der Waals surface area contributed by atoms with E-state index in [1.165, 1.54) is 5.56 Å². The highest BCUT2D eigenvalue weighted by atomic mass is 16.2. The molecule has 2 amide bonds. The third kappa shape index (κ3) is 2.92. The lowest BCUT2D eigenvalue weighted by Crippen LogP contribution is -2.44. The summed E-state index contributed by atoms with van der Waals surface area (Å²) in [6.45, 7) is 8.52. The predicted molar refractivity (Wildman–Crippen MR) is 79.4 cm³/mol. The predicted octanol–water partition coefficient (Wildman–Crippen LogP) is 3.14. The molecule has 0 saturated carbocycles. The highest BCUT2D eigenvalue weighted by Gasteiger charge is 2.35. The van der Waals surface area contributed by atoms with Crippen LogP contribution in [0.2, 0.25) is 0 Å². The molecule has 108 valence electrons. The van der Waals surface area contributed by atoms with Crippen LogP contribution in [-0.2, 0) is 15.0 Å². The zero-order valence-corrected chi connectivity index (χ0v) is 12.7. The summed E-state index contributed by atoms with van der Waals surface area (Å²) in [5, 5.41) is 2.44. The smallest absolute Gasteiger partial charge is 0.230 e. The minimum atomic E-state index is -0.162. The number of carbonyl (C=O) groups is 2. The second-order valence-electron chi connectivity index (χ2n) is 6.61. The number of rotatable bonds is 2. The Kier molecular flexibility index (Phi) is 3.98. The van der Waals surface area contributed by atoms with Crippen molar-refractivity contribution < 1.29 is 9.59 Å². The van der Waals surface area contributed by atoms with E-state index in [4.69, 9.17) is 0 Å². The maximum Gasteiger partial charge on any atom is 0.230 e. The molecule has 1 aromatic rings. The summed E-state index contributed by atoms with van der Waals surface area (Å²) >= 11 is 0. The Bertz CT molecular complexity index is 511. The molecule has 1 heterocycles. The number of hydrogen-bond donors (Lipinski definition) is 1. The van der Waals surface area contributed by atoms with Gasteiger partial charge in [0.25, 0.3) is 0 Å². The normalized spacial score (nSPS) is 23.6. The molecule has 20 heavy (non-hydrogen) atoms. The first-order valence-electron chi connectivity index (χ1n) is 7.27. The number of benzene rings is 1. The average molecular weight is 273 g/mol. The van der Waals surface area contributed by atoms with Gasteiger partial charge in [-0.15, -0.1) is 0 Å². The van der Waals surface area contributed by atoms with Gasteiger partial charge in [0.15, 0.2) is 0 Å². The lowest BCUT2D eigenvalue weighted by Gasteiger charge is -2.30. The van der Waals surface area contributed by atoms with Crippen LogP contribution in [0.1, 0.15) is 57.6 Å². The summed E-state index contributed by atoms with van der Waals surface area (Å²) in [5.41, 5.74) is 2.47. The van der Waals surface area contributed by atoms with E-state index in [0.717, 1.165) is 12.0 Å². The van der Waals surface area contributed by atoms with Crippen molar-refractivity contribution in [3.05, 3.63) is 35.4 Å². The maximum atomic E-state index is 11.9. The summed E-state index contributed by atoms with van der Waals surface area (Å²) in [5.74, 6) is -0.387. The molecule has 3 nitrogen and oxygen atoms in total. The first-order valence-corrected chi connectivity index (χ1v) is 7.27. The van der Waals surface area contributed by atoms with Crippen LogP contribution in [-0.4, -0.2) is 11.8 Å². The van der Waals surface area contributed by atoms with E-state index in [2.05, 4.69) is 50.4 Å². The van der Waals surface area contributed by atoms with E-state index in [1.54, 1.807) is 0 Å². The van der Waals surface area contributed by atoms with E-state index in [1.807, 2.05) is 6.92 Å². The number of nitrogens with one attached hydrogen (secondary N) is 1. The van der Waals surface area contributed by atoms with Crippen LogP contribution in [0.15, 0.2) is 24.3 Å². The van der Waals surface area contributed by atoms with Gasteiger partial charge in [0, 0.05) is 18.3 Å². The molecule has 2 atom stereocenters. The quantitative estimate of drug-likeness (QED) is 0.841. The van der Waals surface area contributed by atoms with Gasteiger partial charge >= 0.3 is 0 Å². The van der Waals surface area contributed by atoms with Crippen molar-refractivity contribution in [1.29, 1.82) is 0 Å². The minimum absolute atomic E-state index is 0.00951. The monoisotopic (exact) mass is 273 g/mol. The topological polar surface area (TPSA) is 46.2 Å². The Hall–Kier alpha value is -1.64. The molecule has 1 aromatic carbocycles. The van der Waals surface area contributed by atoms with Gasteiger partial charge in [0.1, 0.15) is 0 Å². The fraction of sp³-hybridized carbons (Fsp3) is 0.529. The van der Waals surface area contributed by atoms with Gasteiger partial charge in [-0.25, -0.2) is 0 Å². The van der Waals surface area contributed by atoms with Crippen LogP contribution in [0.4, 0.5) is 0 Å². The number of carbonyl (C=O) groups excluding carboxylic acids is 2. The van der Waals surface area contributed by atoms with Crippen molar-refractivity contribution in [2.75, 3.05) is 0 Å². The molecule has 0 aromatic heterocycles. The van der Waals surface area contributed by atoms with E-state index < -0.39 is 0 Å². The number of imide groups is 1. The van der Waals surface area contributed by atoms with Crippen molar-refractivity contribution in [1.82, 2.24) is 5.32 Å². The molecule has 2 rings (SSSR count). The van der Waals surface area contributed by atoms with Gasteiger partial charge in [-0.1, -0.05) is 52.0 Å². The standard InChI is InChI=1S/C17H23NO2/c1-5-13-14(10-15(19)18-16(13)20)11-6-8-12(9-7-11)17(2,3)4/h6-9,13-14H,5,10H2,1-4H3,(H,18,19,20). The molecule has 0 bridgehead atoms. The zero-order chi connectivity index (χ0) is 14.9. The second-order valence-corrected chi connectivity index (χ2v) is 6.61. The minimum Gasteiger partial charge on any atom is -0.296 e. The first-order chi connectivity index (χ1) is 9.32. The highest BCUT2D eigenvalue weighted by Crippen LogP contribution is 2.34. The van der Waals surface area contributed by atoms with Crippen molar-refractivity contribution in [2.45, 2.75) is 51.9 Å². The average Bonchev–Trinajstić information content (AvgIpc) is 2.37. The molecule has 0 spiro atoms. The lowest BCUT2D eigenvalue weighted by atomic mass is 9.78. The van der Waals surface area contributed by atoms with Crippen molar-refractivity contribution in [3.8, 4) is 0 Å². The van der Waals surface area contributed by atoms with Gasteiger partial charge in [0.2, 0.25) is 11.8 Å². The number of hydrogen-bond acceptors (Lipinski definition) is 2. The SMILES string of the molecule is CCC1C(=O)NC(=O)CC1c1ccc(C(C)(C)C)cc1. The van der Waals surface area contributed by atoms with Crippen LogP contribution >= 0.6 is 0 Å². The van der Waals surface area contributed by atoms with Gasteiger partial charge in [0.05, 0.1) is 0 Å². The Morgan fingerprint density at radius 3 is 2.25 bits per heavy atom. The van der Waals surface area contributed by atoms with Crippen molar-refractivity contribution >= 4 is 11.8 Å². The molecule has 1 N–H and O–H groups in total. The third-order valence-electron chi connectivity index (χ3n) is 4.14. The third-order valence-corrected chi connectivity index (χ3v) is 4.14. The van der Waals surface area contributed by atoms with E-state index in [-0.39, 0.29) is 29.1 Å². The zero-order valence-electron chi connectivity index (χ0n) is 12.7. The molecular weight excluding hydrogens is 250 g/mol. The lowest BCUT2D eigenvalue weighted by molar-refractivity contribution is -0.137. The first kappa shape index (κ1) is 14.8. The van der Waals surface area contributed by atoms with E-state index >= 15 is 0 Å². The molecule has 1 fully saturated rings. The highest BCUT2D eigenvalue weighted by molar-refractivity contribution is 5.99. The van der Waals surface area contributed by atoms with Gasteiger partial charge in [-0.3, -0.25) is 14.9 Å². The van der Waals surface area contributed by atoms with Crippen molar-refractivity contribution in [2.24, 2.45) is 5.92 Å². The summed E-state index contributed by atoms with van der Waals surface area (Å²) in [7, 11) is 0. The van der Waals surface area contributed by atoms with Gasteiger partial charge in [-0.05, 0) is 23.0 Å². The largest absolute Gasteiger partial charge is 0.296 e. The Morgan fingerprint density at radius 1 is 1.15 bits per heavy atom. The van der Waals surface area contributed by atoms with Crippen LogP contribution in [0.5, 0.6) is 0 Å². The summed E-state index contributed by atoms with van der Waals surface area (Å²) in [4.78, 5) is 23.5. The Labute approximate surface area is 120 Å². The molecule has 2 unspecified atom stereocenters. The molecule has 1 saturated heterocycles. The summed E-state index contributed by atoms with van der Waals surface area (Å²) in [6, 6.07) is 8.36. The summed E-state index contributed by atoms with van der Waals surface area (Å²) in [6.07, 6.45) is 1.16. The van der Waals surface area contributed by atoms with E-state index in [0.29, 0.717) is 6.42 Å². The molecule has 1 aliphatic rings. The van der Waals surface area contributed by atoms with Crippen LogP contribution < -0.4 is 5.32 Å². The fourth-order valence-electron chi connectivity index (χ4n) is 2.86. The molecule has 1 aliphatic heterocycles. The van der Waals surface area contributed by atoms with Gasteiger partial charge in [-0.2, -0.15) is 0 Å². The number of amides is 2. The second kappa shape index (κ2) is 5.39. The van der Waals surface area contributed by atoms with E-state index in [9.17, 15) is 9.59 Å². The van der Waals surface area contributed by atoms with Crippen molar-refractivity contribution in [3.63, 3.8) is 0 Å². The molecular formula is C17H23NO2. The number of piperidine rings is 1. The molecule has 0 aliphatic carbocycles. The van der Waals surface area contributed by atoms with Crippen LogP contribution in [0.3, 0.4) is 0 Å². The fourth-order valence-corrected chi connectivity index (χ4v) is 2.86. The van der Waals surface area contributed by atoms with Crippen LogP contribution in [0, 0.1) is 5.92 Å². The Balaban J connectivity index is 2.29. The maximum absolute atomic E-state index is 11.9. The Morgan fingerprint density at radius 2 is 1.75 bits per heavy atom.